The summed E-state index contributed by atoms with van der Waals surface area (Å²) in [5.74, 6) is 0. The lowest BCUT2D eigenvalue weighted by Gasteiger charge is -2.33. The number of nitrogens with zero attached hydrogens (tertiary/aromatic N) is 1. The minimum absolute atomic E-state index is 0.121. The van der Waals surface area contributed by atoms with Crippen LogP contribution in [-0.2, 0) is 10.0 Å². The first-order chi connectivity index (χ1) is 8.78. The fourth-order valence-electron chi connectivity index (χ4n) is 2.18. The number of halogens is 1. The number of hydrogen-bond donors (Lipinski definition) is 2. The van der Waals surface area contributed by atoms with Gasteiger partial charge in [-0.1, -0.05) is 0 Å². The summed E-state index contributed by atoms with van der Waals surface area (Å²) >= 11 is 3.21. The maximum absolute atomic E-state index is 12.2. The van der Waals surface area contributed by atoms with E-state index in [0.717, 1.165) is 0 Å². The topological polar surface area (TPSA) is 79.3 Å². The molecule has 0 amide bonds. The molecule has 0 radical (unpaired) electrons. The third-order valence-corrected chi connectivity index (χ3v) is 5.30. The molecule has 106 valence electrons. The summed E-state index contributed by atoms with van der Waals surface area (Å²) < 4.78 is 27.7. The van der Waals surface area contributed by atoms with Crippen LogP contribution in [0.3, 0.4) is 0 Å². The predicted molar refractivity (Wildman–Crippen MR) is 75.1 cm³/mol. The van der Waals surface area contributed by atoms with Gasteiger partial charge in [-0.2, -0.15) is 0 Å². The van der Waals surface area contributed by atoms with Crippen LogP contribution in [0.2, 0.25) is 0 Å². The molecule has 1 aliphatic rings. The first kappa shape index (κ1) is 14.9. The first-order valence-corrected chi connectivity index (χ1v) is 8.41. The van der Waals surface area contributed by atoms with Crippen LogP contribution in [0.1, 0.15) is 32.6 Å². The summed E-state index contributed by atoms with van der Waals surface area (Å²) in [6, 6.07) is 1.40. The lowest BCUT2D eigenvalue weighted by molar-refractivity contribution is 0.0163. The van der Waals surface area contributed by atoms with Crippen molar-refractivity contribution in [2.75, 3.05) is 0 Å². The van der Waals surface area contributed by atoms with E-state index in [1.54, 1.807) is 6.92 Å². The van der Waals surface area contributed by atoms with Crippen molar-refractivity contribution >= 4 is 26.0 Å². The molecule has 0 unspecified atom stereocenters. The Morgan fingerprint density at radius 3 is 2.63 bits per heavy atom. The van der Waals surface area contributed by atoms with Gasteiger partial charge in [0.25, 0.3) is 0 Å². The SMILES string of the molecule is C[C@]1(O)CC[C@@H](NS(=O)(=O)c2cncc(Br)c2)CC1. The van der Waals surface area contributed by atoms with E-state index < -0.39 is 15.6 Å². The minimum Gasteiger partial charge on any atom is -0.390 e. The number of nitrogens with one attached hydrogen (secondary N) is 1. The van der Waals surface area contributed by atoms with Crippen LogP contribution in [0.25, 0.3) is 0 Å². The molecule has 7 heteroatoms. The molecule has 1 heterocycles. The highest BCUT2D eigenvalue weighted by Gasteiger charge is 2.31. The molecule has 5 nitrogen and oxygen atoms in total. The largest absolute Gasteiger partial charge is 0.390 e. The molecule has 0 bridgehead atoms. The van der Waals surface area contributed by atoms with E-state index >= 15 is 0 Å². The average Bonchev–Trinajstić information content (AvgIpc) is 2.32. The van der Waals surface area contributed by atoms with Gasteiger partial charge in [-0.05, 0) is 54.6 Å². The Hall–Kier alpha value is -0.500. The molecular weight excluding hydrogens is 332 g/mol. The van der Waals surface area contributed by atoms with Crippen LogP contribution in [0.5, 0.6) is 0 Å². The highest BCUT2D eigenvalue weighted by molar-refractivity contribution is 9.10. The Balaban J connectivity index is 2.06. The highest BCUT2D eigenvalue weighted by atomic mass is 79.9. The number of sulfonamides is 1. The van der Waals surface area contributed by atoms with Gasteiger partial charge in [0.1, 0.15) is 4.90 Å². The molecule has 0 spiro atoms. The molecular formula is C12H17BrN2O3S. The summed E-state index contributed by atoms with van der Waals surface area (Å²) in [5.41, 5.74) is -0.667. The van der Waals surface area contributed by atoms with Gasteiger partial charge in [0.05, 0.1) is 5.60 Å². The van der Waals surface area contributed by atoms with Crippen LogP contribution in [0, 0.1) is 0 Å². The number of pyridine rings is 1. The molecule has 0 atom stereocenters. The summed E-state index contributed by atoms with van der Waals surface area (Å²) in [4.78, 5) is 4.01. The summed E-state index contributed by atoms with van der Waals surface area (Å²) in [5, 5.41) is 9.85. The predicted octanol–water partition coefficient (Wildman–Crippen LogP) is 1.82. The molecule has 2 rings (SSSR count). The normalized spacial score (nSPS) is 28.3. The molecule has 1 saturated carbocycles. The van der Waals surface area contributed by atoms with Crippen molar-refractivity contribution in [1.82, 2.24) is 9.71 Å². The Morgan fingerprint density at radius 1 is 1.42 bits per heavy atom. The van der Waals surface area contributed by atoms with Crippen molar-refractivity contribution in [1.29, 1.82) is 0 Å². The Kier molecular flexibility index (Phi) is 4.29. The summed E-state index contributed by atoms with van der Waals surface area (Å²) in [7, 11) is -3.54. The van der Waals surface area contributed by atoms with Gasteiger partial charge in [0, 0.05) is 22.9 Å². The maximum atomic E-state index is 12.2. The van der Waals surface area contributed by atoms with Gasteiger partial charge >= 0.3 is 0 Å². The Morgan fingerprint density at radius 2 is 2.05 bits per heavy atom. The van der Waals surface area contributed by atoms with Crippen molar-refractivity contribution in [3.63, 3.8) is 0 Å². The summed E-state index contributed by atoms with van der Waals surface area (Å²) in [6.07, 6.45) is 5.37. The van der Waals surface area contributed by atoms with Gasteiger partial charge < -0.3 is 5.11 Å². The van der Waals surface area contributed by atoms with Crippen molar-refractivity contribution in [2.24, 2.45) is 0 Å². The fourth-order valence-corrected chi connectivity index (χ4v) is 3.99. The van der Waals surface area contributed by atoms with Crippen molar-refractivity contribution in [3.05, 3.63) is 22.9 Å². The smallest absolute Gasteiger partial charge is 0.242 e. The molecule has 0 aromatic carbocycles. The molecule has 1 fully saturated rings. The highest BCUT2D eigenvalue weighted by Crippen LogP contribution is 2.28. The van der Waals surface area contributed by atoms with E-state index in [2.05, 4.69) is 25.6 Å². The maximum Gasteiger partial charge on any atom is 0.242 e. The molecule has 19 heavy (non-hydrogen) atoms. The Bertz CT molecular complexity index is 550. The lowest BCUT2D eigenvalue weighted by Crippen LogP contribution is -2.42. The number of rotatable bonds is 3. The van der Waals surface area contributed by atoms with Gasteiger partial charge in [-0.25, -0.2) is 13.1 Å². The number of aromatic nitrogens is 1. The second-order valence-electron chi connectivity index (χ2n) is 5.23. The average molecular weight is 349 g/mol. The second-order valence-corrected chi connectivity index (χ2v) is 7.86. The van der Waals surface area contributed by atoms with E-state index in [0.29, 0.717) is 30.2 Å². The fraction of sp³-hybridized carbons (Fsp3) is 0.583. The molecule has 1 aromatic rings. The molecule has 2 N–H and O–H groups in total. The van der Waals surface area contributed by atoms with Gasteiger partial charge in [-0.3, -0.25) is 4.98 Å². The van der Waals surface area contributed by atoms with Crippen molar-refractivity contribution in [2.45, 2.75) is 49.1 Å². The molecule has 0 aliphatic heterocycles. The van der Waals surface area contributed by atoms with E-state index in [1.165, 1.54) is 18.5 Å². The van der Waals surface area contributed by atoms with Crippen LogP contribution >= 0.6 is 15.9 Å². The molecule has 0 saturated heterocycles. The van der Waals surface area contributed by atoms with E-state index in [1.807, 2.05) is 0 Å². The van der Waals surface area contributed by atoms with Crippen LogP contribution in [-0.4, -0.2) is 30.2 Å². The van der Waals surface area contributed by atoms with E-state index in [-0.39, 0.29) is 10.9 Å². The van der Waals surface area contributed by atoms with Crippen LogP contribution < -0.4 is 4.72 Å². The van der Waals surface area contributed by atoms with E-state index in [4.69, 9.17) is 0 Å². The Labute approximate surface area is 121 Å². The zero-order valence-electron chi connectivity index (χ0n) is 10.6. The minimum atomic E-state index is -3.54. The third kappa shape index (κ3) is 3.98. The van der Waals surface area contributed by atoms with Gasteiger partial charge in [-0.15, -0.1) is 0 Å². The van der Waals surface area contributed by atoms with Crippen molar-refractivity contribution < 1.29 is 13.5 Å². The van der Waals surface area contributed by atoms with Crippen LogP contribution in [0.4, 0.5) is 0 Å². The van der Waals surface area contributed by atoms with Crippen molar-refractivity contribution in [3.8, 4) is 0 Å². The van der Waals surface area contributed by atoms with E-state index in [9.17, 15) is 13.5 Å². The zero-order chi connectivity index (χ0) is 14.1. The third-order valence-electron chi connectivity index (χ3n) is 3.37. The van der Waals surface area contributed by atoms with Crippen LogP contribution in [0.15, 0.2) is 27.8 Å². The second kappa shape index (κ2) is 5.47. The zero-order valence-corrected chi connectivity index (χ0v) is 13.0. The monoisotopic (exact) mass is 348 g/mol. The van der Waals surface area contributed by atoms with Gasteiger partial charge in [0.15, 0.2) is 0 Å². The number of aliphatic hydroxyl groups is 1. The molecule has 1 aromatic heterocycles. The molecule has 1 aliphatic carbocycles. The lowest BCUT2D eigenvalue weighted by atomic mass is 9.84. The quantitative estimate of drug-likeness (QED) is 0.872. The first-order valence-electron chi connectivity index (χ1n) is 6.14. The number of hydrogen-bond acceptors (Lipinski definition) is 4. The summed E-state index contributed by atoms with van der Waals surface area (Å²) in [6.45, 7) is 1.79. The standard InChI is InChI=1S/C12H17BrN2O3S/c1-12(16)4-2-10(3-5-12)15-19(17,18)11-6-9(13)7-14-8-11/h6-8,10,15-16H,2-5H2,1H3/t10-,12+. The van der Waals surface area contributed by atoms with Gasteiger partial charge in [0.2, 0.25) is 10.0 Å².